The summed E-state index contributed by atoms with van der Waals surface area (Å²) in [6, 6.07) is 6.68. The number of imidazole rings is 1. The van der Waals surface area contributed by atoms with Crippen LogP contribution < -0.4 is 0 Å². The van der Waals surface area contributed by atoms with Gasteiger partial charge in [0.05, 0.1) is 11.7 Å². The predicted molar refractivity (Wildman–Crippen MR) is 102 cm³/mol. The summed E-state index contributed by atoms with van der Waals surface area (Å²) in [6.07, 6.45) is 3.40. The first-order chi connectivity index (χ1) is 12.3. The van der Waals surface area contributed by atoms with E-state index in [0.29, 0.717) is 21.6 Å². The van der Waals surface area contributed by atoms with Gasteiger partial charge in [0.25, 0.3) is 0 Å². The van der Waals surface area contributed by atoms with Crippen molar-refractivity contribution < 1.29 is 9.90 Å². The van der Waals surface area contributed by atoms with E-state index < -0.39 is 5.97 Å². The van der Waals surface area contributed by atoms with Crippen molar-refractivity contribution in [3.63, 3.8) is 0 Å². The maximum Gasteiger partial charge on any atom is 0.354 e. The number of rotatable bonds is 4. The molecule has 2 heterocycles. The number of carboxylic acid groups (broad SMARTS) is 1. The van der Waals surface area contributed by atoms with Crippen LogP contribution in [0.4, 0.5) is 0 Å². The summed E-state index contributed by atoms with van der Waals surface area (Å²) >= 11 is 12.5. The van der Waals surface area contributed by atoms with Crippen molar-refractivity contribution in [3.05, 3.63) is 69.2 Å². The number of nitrogens with zero attached hydrogens (tertiary/aromatic N) is 3. The van der Waals surface area contributed by atoms with Gasteiger partial charge in [0.2, 0.25) is 0 Å². The average molecular weight is 390 g/mol. The summed E-state index contributed by atoms with van der Waals surface area (Å²) in [4.78, 5) is 20.6. The van der Waals surface area contributed by atoms with Crippen LogP contribution in [0.1, 0.15) is 40.3 Å². The van der Waals surface area contributed by atoms with E-state index in [9.17, 15) is 9.90 Å². The lowest BCUT2D eigenvalue weighted by Crippen LogP contribution is -2.16. The Morgan fingerprint density at radius 3 is 2.58 bits per heavy atom. The highest BCUT2D eigenvalue weighted by Gasteiger charge is 2.26. The lowest BCUT2D eigenvalue weighted by molar-refractivity contribution is 0.0683. The zero-order valence-electron chi connectivity index (χ0n) is 14.5. The van der Waals surface area contributed by atoms with Crippen LogP contribution in [-0.4, -0.2) is 25.6 Å². The molecular formula is C19H17Cl2N3O2. The molecule has 0 amide bonds. The maximum absolute atomic E-state index is 11.9. The molecule has 134 valence electrons. The Morgan fingerprint density at radius 1 is 1.19 bits per heavy atom. The molecule has 0 fully saturated rings. The molecule has 3 aromatic rings. The molecule has 0 saturated heterocycles. The number of carboxylic acids is 1. The molecule has 0 bridgehead atoms. The second kappa shape index (κ2) is 7.09. The van der Waals surface area contributed by atoms with Gasteiger partial charge in [-0.2, -0.15) is 0 Å². The van der Waals surface area contributed by atoms with Crippen molar-refractivity contribution in [2.45, 2.75) is 26.8 Å². The standard InChI is InChI=1S/C19H17Cl2N3O2/c1-10-6-13(9-22-8-10)18-23-11(2)17(19(25)26)24(18)12(3)15-7-14(20)4-5-16(15)21/h4-9,12H,1-3H3,(H,25,26). The number of carbonyl (C=O) groups is 1. The Hall–Kier alpha value is -2.37. The van der Waals surface area contributed by atoms with Crippen molar-refractivity contribution in [1.82, 2.24) is 14.5 Å². The number of aromatic carboxylic acids is 1. The fraction of sp³-hybridized carbons (Fsp3) is 0.211. The van der Waals surface area contributed by atoms with Gasteiger partial charge >= 0.3 is 5.97 Å². The van der Waals surface area contributed by atoms with E-state index in [4.69, 9.17) is 23.2 Å². The van der Waals surface area contributed by atoms with E-state index in [-0.39, 0.29) is 11.7 Å². The van der Waals surface area contributed by atoms with E-state index in [1.54, 1.807) is 42.1 Å². The van der Waals surface area contributed by atoms with E-state index >= 15 is 0 Å². The Morgan fingerprint density at radius 2 is 1.92 bits per heavy atom. The summed E-state index contributed by atoms with van der Waals surface area (Å²) in [5.41, 5.74) is 2.97. The first-order valence-electron chi connectivity index (χ1n) is 7.98. The van der Waals surface area contributed by atoms with Crippen LogP contribution in [0.3, 0.4) is 0 Å². The average Bonchev–Trinajstić information content (AvgIpc) is 2.94. The largest absolute Gasteiger partial charge is 0.477 e. The molecule has 0 radical (unpaired) electrons. The van der Waals surface area contributed by atoms with Gasteiger partial charge in [-0.15, -0.1) is 0 Å². The van der Waals surface area contributed by atoms with Crippen molar-refractivity contribution >= 4 is 29.2 Å². The SMILES string of the molecule is Cc1cncc(-c2nc(C)c(C(=O)O)n2C(C)c2cc(Cl)ccc2Cl)c1. The van der Waals surface area contributed by atoms with E-state index in [0.717, 1.165) is 16.7 Å². The highest BCUT2D eigenvalue weighted by molar-refractivity contribution is 6.33. The second-order valence-corrected chi connectivity index (χ2v) is 6.98. The van der Waals surface area contributed by atoms with Crippen molar-refractivity contribution in [1.29, 1.82) is 0 Å². The number of hydrogen-bond acceptors (Lipinski definition) is 3. The van der Waals surface area contributed by atoms with Crippen LogP contribution in [0, 0.1) is 13.8 Å². The number of halogens is 2. The minimum atomic E-state index is -1.05. The third kappa shape index (κ3) is 3.32. The van der Waals surface area contributed by atoms with Gasteiger partial charge in [-0.3, -0.25) is 4.98 Å². The zero-order chi connectivity index (χ0) is 19.0. The first kappa shape index (κ1) is 18.4. The van der Waals surface area contributed by atoms with Crippen LogP contribution in [0.25, 0.3) is 11.4 Å². The molecule has 5 nitrogen and oxygen atoms in total. The molecule has 2 aromatic heterocycles. The van der Waals surface area contributed by atoms with Crippen LogP contribution in [-0.2, 0) is 0 Å². The predicted octanol–water partition coefficient (Wildman–Crippen LogP) is 5.18. The van der Waals surface area contributed by atoms with Gasteiger partial charge in [-0.25, -0.2) is 9.78 Å². The van der Waals surface area contributed by atoms with E-state index in [2.05, 4.69) is 9.97 Å². The third-order valence-corrected chi connectivity index (χ3v) is 4.80. The van der Waals surface area contributed by atoms with Gasteiger partial charge < -0.3 is 9.67 Å². The molecule has 0 aliphatic carbocycles. The Kier molecular flexibility index (Phi) is 5.03. The smallest absolute Gasteiger partial charge is 0.354 e. The third-order valence-electron chi connectivity index (χ3n) is 4.22. The fourth-order valence-electron chi connectivity index (χ4n) is 3.04. The normalized spacial score (nSPS) is 12.2. The molecule has 0 aliphatic heterocycles. The van der Waals surface area contributed by atoms with Crippen molar-refractivity contribution in [2.24, 2.45) is 0 Å². The molecule has 1 unspecified atom stereocenters. The summed E-state index contributed by atoms with van der Waals surface area (Å²) in [5.74, 6) is -0.522. The van der Waals surface area contributed by atoms with E-state index in [1.165, 1.54) is 0 Å². The lowest BCUT2D eigenvalue weighted by atomic mass is 10.1. The summed E-state index contributed by atoms with van der Waals surface area (Å²) in [7, 11) is 0. The topological polar surface area (TPSA) is 68.0 Å². The first-order valence-corrected chi connectivity index (χ1v) is 8.74. The van der Waals surface area contributed by atoms with Gasteiger partial charge in [0.1, 0.15) is 5.82 Å². The molecule has 26 heavy (non-hydrogen) atoms. The molecule has 1 aromatic carbocycles. The van der Waals surface area contributed by atoms with E-state index in [1.807, 2.05) is 19.9 Å². The number of aryl methyl sites for hydroxylation is 2. The summed E-state index contributed by atoms with van der Waals surface area (Å²) < 4.78 is 1.67. The molecule has 1 atom stereocenters. The number of benzene rings is 1. The number of aromatic nitrogens is 3. The van der Waals surface area contributed by atoms with Crippen LogP contribution in [0.2, 0.25) is 10.0 Å². The molecule has 1 N–H and O–H groups in total. The highest BCUT2D eigenvalue weighted by Crippen LogP contribution is 2.34. The second-order valence-electron chi connectivity index (χ2n) is 6.14. The lowest BCUT2D eigenvalue weighted by Gasteiger charge is -2.20. The van der Waals surface area contributed by atoms with Gasteiger partial charge in [0, 0.05) is 28.0 Å². The van der Waals surface area contributed by atoms with Gasteiger partial charge in [-0.1, -0.05) is 23.2 Å². The number of pyridine rings is 1. The molecule has 0 aliphatic rings. The van der Waals surface area contributed by atoms with Crippen LogP contribution >= 0.6 is 23.2 Å². The summed E-state index contributed by atoms with van der Waals surface area (Å²) in [5, 5.41) is 10.8. The quantitative estimate of drug-likeness (QED) is 0.667. The van der Waals surface area contributed by atoms with Gasteiger partial charge in [0.15, 0.2) is 5.69 Å². The molecule has 7 heteroatoms. The molecular weight excluding hydrogens is 373 g/mol. The molecule has 0 spiro atoms. The van der Waals surface area contributed by atoms with Crippen LogP contribution in [0.5, 0.6) is 0 Å². The maximum atomic E-state index is 11.9. The highest BCUT2D eigenvalue weighted by atomic mass is 35.5. The zero-order valence-corrected chi connectivity index (χ0v) is 16.0. The van der Waals surface area contributed by atoms with Crippen molar-refractivity contribution in [2.75, 3.05) is 0 Å². The van der Waals surface area contributed by atoms with Crippen LogP contribution in [0.15, 0.2) is 36.7 Å². The van der Waals surface area contributed by atoms with Gasteiger partial charge in [-0.05, 0) is 56.2 Å². The molecule has 3 rings (SSSR count). The summed E-state index contributed by atoms with van der Waals surface area (Å²) in [6.45, 7) is 5.48. The fourth-order valence-corrected chi connectivity index (χ4v) is 3.49. The monoisotopic (exact) mass is 389 g/mol. The minimum Gasteiger partial charge on any atom is -0.477 e. The Labute approximate surface area is 161 Å². The number of hydrogen-bond donors (Lipinski definition) is 1. The van der Waals surface area contributed by atoms with Crippen molar-refractivity contribution in [3.8, 4) is 11.4 Å². The Bertz CT molecular complexity index is 998. The molecule has 0 saturated carbocycles. The minimum absolute atomic E-state index is 0.116. The Balaban J connectivity index is 2.27.